The molecule has 0 unspecified atom stereocenters. The molecule has 2 nitrogen and oxygen atoms in total. The van der Waals surface area contributed by atoms with Gasteiger partial charge in [0.05, 0.1) is 0 Å². The van der Waals surface area contributed by atoms with E-state index in [1.165, 1.54) is 0 Å². The molecule has 0 fully saturated rings. The molecule has 1 N–H and O–H groups in total. The Labute approximate surface area is 32.7 Å². The van der Waals surface area contributed by atoms with Crippen LogP contribution in [0.25, 0.3) is 0 Å². The van der Waals surface area contributed by atoms with E-state index in [0.717, 1.165) is 0 Å². The number of hydrogen-bond donors (Lipinski definition) is 1. The van der Waals surface area contributed by atoms with E-state index in [0.29, 0.717) is 6.04 Å². The van der Waals surface area contributed by atoms with E-state index in [2.05, 4.69) is 0 Å². The second-order valence-electron chi connectivity index (χ2n) is 0.679. The molecule has 0 rings (SSSR count). The Morgan fingerprint density at radius 1 is 1.80 bits per heavy atom. The lowest BCUT2D eigenvalue weighted by Gasteiger charge is -1.68. The van der Waals surface area contributed by atoms with Crippen LogP contribution in [0.2, 0.25) is 6.04 Å². The minimum atomic E-state index is -0.714. The summed E-state index contributed by atoms with van der Waals surface area (Å²) in [6.07, 6.45) is 0. The lowest BCUT2D eigenvalue weighted by Crippen LogP contribution is -1.78. The minimum absolute atomic E-state index is 0.0683. The van der Waals surface area contributed by atoms with Crippen molar-refractivity contribution in [3.63, 3.8) is 0 Å². The highest BCUT2D eigenvalue weighted by Crippen LogP contribution is 1.60. The van der Waals surface area contributed by atoms with E-state index in [4.69, 9.17) is 5.11 Å². The van der Waals surface area contributed by atoms with Gasteiger partial charge >= 0.3 is 0 Å². The predicted octanol–water partition coefficient (Wildman–Crippen LogP) is -0.821. The van der Waals surface area contributed by atoms with Gasteiger partial charge in [0.1, 0.15) is 0 Å². The van der Waals surface area contributed by atoms with Crippen molar-refractivity contribution in [3.8, 4) is 0 Å². The Hall–Kier alpha value is -0.0231. The van der Waals surface area contributed by atoms with Crippen LogP contribution in [0.15, 0.2) is 0 Å². The summed E-state index contributed by atoms with van der Waals surface area (Å²) in [5.41, 5.74) is 0. The summed E-state index contributed by atoms with van der Waals surface area (Å²) in [6, 6.07) is 0.472. The smallest absolute Gasteiger partial charge is 0.263 e. The van der Waals surface area contributed by atoms with E-state index in [-0.39, 0.29) is 6.61 Å². The molecule has 0 aromatic carbocycles. The summed E-state index contributed by atoms with van der Waals surface area (Å²) in [5.74, 6) is 0. The van der Waals surface area contributed by atoms with E-state index in [1.807, 2.05) is 0 Å². The fourth-order valence-corrected chi connectivity index (χ4v) is 0.158. The predicted molar refractivity (Wildman–Crippen MR) is 19.7 cm³/mol. The molecule has 0 spiro atoms. The number of rotatable bonds is 2. The molecular weight excluding hydrogens is 84.1 g/mol. The summed E-state index contributed by atoms with van der Waals surface area (Å²) >= 11 is 0. The quantitative estimate of drug-likeness (QED) is 0.450. The van der Waals surface area contributed by atoms with E-state index in [1.54, 1.807) is 0 Å². The minimum Gasteiger partial charge on any atom is -0.396 e. The standard InChI is InChI=1S/C2H6O2Si/c3-1-2-5-4/h3,5H,1-2H2. The fraction of sp³-hybridized carbons (Fsp3) is 1.00. The van der Waals surface area contributed by atoms with Crippen molar-refractivity contribution in [2.45, 2.75) is 6.04 Å². The summed E-state index contributed by atoms with van der Waals surface area (Å²) < 4.78 is 9.45. The Morgan fingerprint density at radius 2 is 2.40 bits per heavy atom. The Balaban J connectivity index is 2.40. The zero-order valence-electron chi connectivity index (χ0n) is 2.85. The highest BCUT2D eigenvalue weighted by molar-refractivity contribution is 6.16. The van der Waals surface area contributed by atoms with Crippen molar-refractivity contribution in [1.82, 2.24) is 0 Å². The highest BCUT2D eigenvalue weighted by Gasteiger charge is 1.70. The second kappa shape index (κ2) is 3.98. The average Bonchev–Trinajstić information content (AvgIpc) is 1.41. The van der Waals surface area contributed by atoms with Gasteiger partial charge in [-0.2, -0.15) is 0 Å². The first-order valence-electron chi connectivity index (χ1n) is 1.46. The molecular formula is C2H6O2Si. The van der Waals surface area contributed by atoms with E-state index >= 15 is 0 Å². The third kappa shape index (κ3) is 3.98. The summed E-state index contributed by atoms with van der Waals surface area (Å²) in [7, 11) is -0.714. The molecule has 0 aliphatic heterocycles. The monoisotopic (exact) mass is 90.0 g/mol. The molecule has 0 aromatic rings. The second-order valence-corrected chi connectivity index (χ2v) is 1.59. The fourth-order valence-electron chi connectivity index (χ4n) is 0.0527. The van der Waals surface area contributed by atoms with Crippen molar-refractivity contribution in [3.05, 3.63) is 0 Å². The van der Waals surface area contributed by atoms with Crippen molar-refractivity contribution >= 4 is 9.41 Å². The molecule has 0 aliphatic rings. The van der Waals surface area contributed by atoms with Crippen molar-refractivity contribution in [1.29, 1.82) is 0 Å². The molecule has 0 aliphatic carbocycles. The summed E-state index contributed by atoms with van der Waals surface area (Å²) in [4.78, 5) is 0. The zero-order valence-corrected chi connectivity index (χ0v) is 4.00. The highest BCUT2D eigenvalue weighted by atomic mass is 28.2. The van der Waals surface area contributed by atoms with Gasteiger partial charge in [-0.05, 0) is 0 Å². The summed E-state index contributed by atoms with van der Waals surface area (Å²) in [6.45, 7) is 0.0683. The van der Waals surface area contributed by atoms with Gasteiger partial charge in [-0.25, -0.2) is 0 Å². The SMILES string of the molecule is O=[SiH]CCO. The molecule has 0 atom stereocenters. The Kier molecular flexibility index (Phi) is 3.96. The molecule has 30 valence electrons. The maximum Gasteiger partial charge on any atom is 0.263 e. The van der Waals surface area contributed by atoms with Crippen LogP contribution >= 0.6 is 0 Å². The van der Waals surface area contributed by atoms with Gasteiger partial charge in [-0.15, -0.1) is 0 Å². The van der Waals surface area contributed by atoms with Crippen LogP contribution in [-0.4, -0.2) is 21.1 Å². The third-order valence-corrected chi connectivity index (χ3v) is 0.741. The van der Waals surface area contributed by atoms with Gasteiger partial charge in [-0.1, -0.05) is 0 Å². The summed E-state index contributed by atoms with van der Waals surface area (Å²) in [5, 5.41) is 7.89. The normalized spacial score (nSPS) is 7.40. The first-order valence-corrected chi connectivity index (χ1v) is 2.75. The van der Waals surface area contributed by atoms with Gasteiger partial charge in [-0.3, -0.25) is 0 Å². The number of hydrogen-bond acceptors (Lipinski definition) is 2. The molecule has 0 bridgehead atoms. The lowest BCUT2D eigenvalue weighted by atomic mass is 10.9. The van der Waals surface area contributed by atoms with Crippen molar-refractivity contribution in [2.75, 3.05) is 6.61 Å². The molecule has 3 heteroatoms. The van der Waals surface area contributed by atoms with Gasteiger partial charge in [0.15, 0.2) is 0 Å². The van der Waals surface area contributed by atoms with Crippen LogP contribution in [0, 0.1) is 0 Å². The first-order chi connectivity index (χ1) is 2.41. The Morgan fingerprint density at radius 3 is 2.40 bits per heavy atom. The van der Waals surface area contributed by atoms with Crippen molar-refractivity contribution < 1.29 is 9.57 Å². The van der Waals surface area contributed by atoms with E-state index in [9.17, 15) is 4.46 Å². The maximum atomic E-state index is 9.45. The largest absolute Gasteiger partial charge is 0.396 e. The first kappa shape index (κ1) is 4.98. The van der Waals surface area contributed by atoms with Gasteiger partial charge in [0.25, 0.3) is 9.41 Å². The maximum absolute atomic E-state index is 9.45. The van der Waals surface area contributed by atoms with Gasteiger partial charge in [0.2, 0.25) is 0 Å². The van der Waals surface area contributed by atoms with Crippen molar-refractivity contribution in [2.24, 2.45) is 0 Å². The molecule has 0 aromatic heterocycles. The number of aliphatic hydroxyl groups is 1. The third-order valence-electron chi connectivity index (χ3n) is 0.247. The van der Waals surface area contributed by atoms with Crippen LogP contribution in [0.4, 0.5) is 0 Å². The van der Waals surface area contributed by atoms with Crippen LogP contribution in [0.1, 0.15) is 0 Å². The van der Waals surface area contributed by atoms with Gasteiger partial charge < -0.3 is 9.57 Å². The lowest BCUT2D eigenvalue weighted by molar-refractivity contribution is 0.316. The Bertz CT molecular complexity index is 28.8. The van der Waals surface area contributed by atoms with Crippen LogP contribution in [-0.2, 0) is 4.46 Å². The molecule has 0 saturated carbocycles. The van der Waals surface area contributed by atoms with E-state index < -0.39 is 9.41 Å². The molecule has 0 radical (unpaired) electrons. The van der Waals surface area contributed by atoms with Crippen LogP contribution in [0.5, 0.6) is 0 Å². The number of aliphatic hydroxyl groups excluding tert-OH is 1. The van der Waals surface area contributed by atoms with Crippen LogP contribution < -0.4 is 0 Å². The molecule has 0 saturated heterocycles. The topological polar surface area (TPSA) is 37.3 Å². The molecule has 0 amide bonds. The van der Waals surface area contributed by atoms with Gasteiger partial charge in [0, 0.05) is 12.7 Å². The molecule has 5 heavy (non-hydrogen) atoms. The van der Waals surface area contributed by atoms with Crippen LogP contribution in [0.3, 0.4) is 0 Å². The molecule has 0 heterocycles. The zero-order chi connectivity index (χ0) is 4.12. The average molecular weight is 90.2 g/mol.